The van der Waals surface area contributed by atoms with Crippen LogP contribution in [0.4, 0.5) is 0 Å². The normalized spacial score (nSPS) is 17.0. The Bertz CT molecular complexity index is 308. The third-order valence-corrected chi connectivity index (χ3v) is 2.14. The average molecular weight is 174 g/mol. The van der Waals surface area contributed by atoms with E-state index in [0.29, 0.717) is 12.9 Å². The predicted octanol–water partition coefficient (Wildman–Crippen LogP) is 1.58. The van der Waals surface area contributed by atoms with Gasteiger partial charge in [0.05, 0.1) is 6.61 Å². The van der Waals surface area contributed by atoms with Crippen LogP contribution >= 0.6 is 0 Å². The van der Waals surface area contributed by atoms with E-state index in [1.807, 2.05) is 36.4 Å². The monoisotopic (exact) mass is 174 g/mol. The molecule has 2 rings (SSSR count). The van der Waals surface area contributed by atoms with Crippen LogP contribution in [0.5, 0.6) is 0 Å². The van der Waals surface area contributed by atoms with Gasteiger partial charge in [0.2, 0.25) is 0 Å². The van der Waals surface area contributed by atoms with Crippen molar-refractivity contribution in [3.05, 3.63) is 42.0 Å². The van der Waals surface area contributed by atoms with Gasteiger partial charge in [-0.05, 0) is 11.1 Å². The first-order chi connectivity index (χ1) is 6.36. The molecule has 0 amide bonds. The highest BCUT2D eigenvalue weighted by Crippen LogP contribution is 2.19. The van der Waals surface area contributed by atoms with Gasteiger partial charge in [0.25, 0.3) is 0 Å². The quantitative estimate of drug-likeness (QED) is 0.655. The number of allylic oxidation sites excluding steroid dienone is 1. The molecular weight excluding hydrogens is 163 g/mol. The molecule has 66 valence electrons. The first kappa shape index (κ1) is 8.54. The summed E-state index contributed by atoms with van der Waals surface area (Å²) in [6, 6.07) is 10.1. The molecule has 0 radical (unpaired) electrons. The fourth-order valence-corrected chi connectivity index (χ4v) is 1.41. The number of hydrogen-bond donors (Lipinski definition) is 1. The number of hydrogen-bond acceptors (Lipinski definition) is 2. The van der Waals surface area contributed by atoms with E-state index in [-0.39, 0.29) is 0 Å². The second-order valence-corrected chi connectivity index (χ2v) is 3.10. The lowest BCUT2D eigenvalue weighted by atomic mass is 9.81. The van der Waals surface area contributed by atoms with Crippen LogP contribution in [0.3, 0.4) is 0 Å². The Morgan fingerprint density at radius 3 is 2.62 bits per heavy atom. The third kappa shape index (κ3) is 2.00. The lowest BCUT2D eigenvalue weighted by molar-refractivity contribution is 0.294. The van der Waals surface area contributed by atoms with Crippen molar-refractivity contribution in [1.29, 1.82) is 0 Å². The van der Waals surface area contributed by atoms with E-state index in [9.17, 15) is 0 Å². The summed E-state index contributed by atoms with van der Waals surface area (Å²) < 4.78 is 5.13. The van der Waals surface area contributed by atoms with E-state index in [2.05, 4.69) is 0 Å². The first-order valence-corrected chi connectivity index (χ1v) is 4.40. The third-order valence-electron chi connectivity index (χ3n) is 2.14. The molecule has 1 N–H and O–H groups in total. The fraction of sp³-hybridized carbons (Fsp3) is 0.200. The smallest absolute Gasteiger partial charge is 0.427 e. The molecule has 0 spiro atoms. The van der Waals surface area contributed by atoms with Crippen LogP contribution in [0.25, 0.3) is 5.57 Å². The first-order valence-electron chi connectivity index (χ1n) is 4.40. The van der Waals surface area contributed by atoms with Gasteiger partial charge in [-0.1, -0.05) is 36.4 Å². The van der Waals surface area contributed by atoms with Crippen LogP contribution in [-0.4, -0.2) is 18.7 Å². The molecule has 2 nitrogen and oxygen atoms in total. The molecule has 1 heterocycles. The molecule has 1 aromatic carbocycles. The maximum absolute atomic E-state index is 9.11. The Balaban J connectivity index is 2.19. The minimum Gasteiger partial charge on any atom is -0.427 e. The minimum atomic E-state index is -0.618. The highest BCUT2D eigenvalue weighted by Gasteiger charge is 2.17. The molecule has 0 fully saturated rings. The topological polar surface area (TPSA) is 29.5 Å². The van der Waals surface area contributed by atoms with E-state index in [1.54, 1.807) is 0 Å². The van der Waals surface area contributed by atoms with Crippen molar-refractivity contribution in [1.82, 2.24) is 0 Å². The zero-order chi connectivity index (χ0) is 9.10. The van der Waals surface area contributed by atoms with E-state index in [4.69, 9.17) is 9.68 Å². The molecule has 0 aromatic heterocycles. The maximum Gasteiger partial charge on any atom is 0.458 e. The summed E-state index contributed by atoms with van der Waals surface area (Å²) >= 11 is 0. The van der Waals surface area contributed by atoms with Gasteiger partial charge in [-0.2, -0.15) is 0 Å². The van der Waals surface area contributed by atoms with Crippen molar-refractivity contribution in [2.24, 2.45) is 0 Å². The zero-order valence-corrected chi connectivity index (χ0v) is 7.31. The van der Waals surface area contributed by atoms with E-state index >= 15 is 0 Å². The summed E-state index contributed by atoms with van der Waals surface area (Å²) in [4.78, 5) is 0. The Hall–Kier alpha value is -1.06. The second-order valence-electron chi connectivity index (χ2n) is 3.10. The standard InChI is InChI=1S/C10H11BO2/c12-11-7-6-10(8-13-11)9-4-2-1-3-5-9/h1-6,12H,7-8H2. The summed E-state index contributed by atoms with van der Waals surface area (Å²) in [5, 5.41) is 9.11. The largest absolute Gasteiger partial charge is 0.458 e. The number of benzene rings is 1. The van der Waals surface area contributed by atoms with Gasteiger partial charge in [0, 0.05) is 6.32 Å². The van der Waals surface area contributed by atoms with E-state index in [0.717, 1.165) is 5.57 Å². The van der Waals surface area contributed by atoms with Crippen molar-refractivity contribution in [3.63, 3.8) is 0 Å². The Morgan fingerprint density at radius 2 is 2.00 bits per heavy atom. The SMILES string of the molecule is OB1CC=C(c2ccccc2)CO1. The zero-order valence-electron chi connectivity index (χ0n) is 7.31. The molecule has 0 unspecified atom stereocenters. The van der Waals surface area contributed by atoms with Gasteiger partial charge in [-0.15, -0.1) is 0 Å². The van der Waals surface area contributed by atoms with Crippen LogP contribution in [0.1, 0.15) is 5.56 Å². The van der Waals surface area contributed by atoms with Gasteiger partial charge in [-0.25, -0.2) is 0 Å². The van der Waals surface area contributed by atoms with E-state index in [1.165, 1.54) is 5.56 Å². The molecule has 3 heteroatoms. The van der Waals surface area contributed by atoms with Crippen molar-refractivity contribution >= 4 is 12.7 Å². The molecule has 0 aliphatic carbocycles. The highest BCUT2D eigenvalue weighted by atomic mass is 16.5. The Kier molecular flexibility index (Phi) is 2.48. The molecule has 0 saturated carbocycles. The molecule has 13 heavy (non-hydrogen) atoms. The van der Waals surface area contributed by atoms with Gasteiger partial charge in [-0.3, -0.25) is 0 Å². The van der Waals surface area contributed by atoms with Gasteiger partial charge < -0.3 is 9.68 Å². The summed E-state index contributed by atoms with van der Waals surface area (Å²) in [6.45, 7) is 0.505. The second kappa shape index (κ2) is 3.77. The van der Waals surface area contributed by atoms with Gasteiger partial charge >= 0.3 is 7.12 Å². The fourth-order valence-electron chi connectivity index (χ4n) is 1.41. The molecule has 0 atom stereocenters. The molecule has 0 bridgehead atoms. The van der Waals surface area contributed by atoms with E-state index < -0.39 is 7.12 Å². The minimum absolute atomic E-state index is 0.505. The molecule has 1 aliphatic heterocycles. The van der Waals surface area contributed by atoms with Crippen LogP contribution in [0.15, 0.2) is 36.4 Å². The van der Waals surface area contributed by atoms with Crippen LogP contribution in [0.2, 0.25) is 6.32 Å². The van der Waals surface area contributed by atoms with Crippen LogP contribution in [-0.2, 0) is 4.65 Å². The molecule has 1 aromatic rings. The Labute approximate surface area is 78.0 Å². The summed E-state index contributed by atoms with van der Waals surface area (Å²) in [6.07, 6.45) is 2.62. The van der Waals surface area contributed by atoms with Crippen molar-refractivity contribution in [3.8, 4) is 0 Å². The summed E-state index contributed by atoms with van der Waals surface area (Å²) in [7, 11) is -0.618. The lowest BCUT2D eigenvalue weighted by Gasteiger charge is -2.15. The van der Waals surface area contributed by atoms with Crippen molar-refractivity contribution in [2.75, 3.05) is 6.61 Å². The van der Waals surface area contributed by atoms with Gasteiger partial charge in [0.15, 0.2) is 0 Å². The lowest BCUT2D eigenvalue weighted by Crippen LogP contribution is -2.21. The molecular formula is C10H11BO2. The van der Waals surface area contributed by atoms with Crippen LogP contribution < -0.4 is 0 Å². The average Bonchev–Trinajstić information content (AvgIpc) is 2.20. The van der Waals surface area contributed by atoms with Crippen LogP contribution in [0, 0.1) is 0 Å². The van der Waals surface area contributed by atoms with Crippen molar-refractivity contribution < 1.29 is 9.68 Å². The summed E-state index contributed by atoms with van der Waals surface area (Å²) in [5.41, 5.74) is 2.33. The van der Waals surface area contributed by atoms with Gasteiger partial charge in [0.1, 0.15) is 0 Å². The Morgan fingerprint density at radius 1 is 1.23 bits per heavy atom. The number of rotatable bonds is 1. The maximum atomic E-state index is 9.11. The highest BCUT2D eigenvalue weighted by molar-refractivity contribution is 6.44. The predicted molar refractivity (Wildman–Crippen MR) is 53.2 cm³/mol. The summed E-state index contributed by atoms with van der Waals surface area (Å²) in [5.74, 6) is 0. The molecule has 1 aliphatic rings. The van der Waals surface area contributed by atoms with Crippen molar-refractivity contribution in [2.45, 2.75) is 6.32 Å². The molecule has 0 saturated heterocycles.